The van der Waals surface area contributed by atoms with Crippen LogP contribution in [0.4, 0.5) is 5.69 Å². The van der Waals surface area contributed by atoms with Crippen molar-refractivity contribution >= 4 is 34.2 Å². The highest BCUT2D eigenvalue weighted by Crippen LogP contribution is 2.26. The Kier molecular flexibility index (Phi) is 5.21. The maximum Gasteiger partial charge on any atom is 0.336 e. The second-order valence-electron chi connectivity index (χ2n) is 6.56. The van der Waals surface area contributed by atoms with E-state index >= 15 is 0 Å². The molecule has 0 bridgehead atoms. The molecule has 28 heavy (non-hydrogen) atoms. The van der Waals surface area contributed by atoms with Gasteiger partial charge in [0.2, 0.25) is 0 Å². The number of hydrogen-bond donors (Lipinski definition) is 0. The van der Waals surface area contributed by atoms with Gasteiger partial charge >= 0.3 is 5.63 Å². The number of hydrogen-bond acceptors (Lipinski definition) is 5. The van der Waals surface area contributed by atoms with E-state index in [0.717, 1.165) is 24.2 Å². The Hall–Kier alpha value is -2.99. The standard InChI is InChI=1S/C21H19ClN2O4/c22-17-3-1-2-4-18(17)23-9-11-24(12-10-23)20(25)14-27-16-7-5-15-6-8-21(26)28-19(15)13-16/h1-8,13H,9-12,14H2. The molecule has 6 nitrogen and oxygen atoms in total. The molecule has 1 aromatic heterocycles. The predicted molar refractivity (Wildman–Crippen MR) is 108 cm³/mol. The molecule has 0 unspecified atom stereocenters. The van der Waals surface area contributed by atoms with E-state index in [1.165, 1.54) is 6.07 Å². The minimum atomic E-state index is -0.419. The second-order valence-corrected chi connectivity index (χ2v) is 6.97. The molecule has 0 radical (unpaired) electrons. The summed E-state index contributed by atoms with van der Waals surface area (Å²) in [6, 6.07) is 15.9. The molecule has 0 atom stereocenters. The van der Waals surface area contributed by atoms with Gasteiger partial charge in [-0.25, -0.2) is 4.79 Å². The lowest BCUT2D eigenvalue weighted by atomic mass is 10.2. The third-order valence-corrected chi connectivity index (χ3v) is 5.10. The maximum absolute atomic E-state index is 12.5. The van der Waals surface area contributed by atoms with Crippen LogP contribution in [0.3, 0.4) is 0 Å². The van der Waals surface area contributed by atoms with Crippen LogP contribution in [0.25, 0.3) is 11.0 Å². The molecule has 1 aliphatic rings. The largest absolute Gasteiger partial charge is 0.484 e. The van der Waals surface area contributed by atoms with Crippen molar-refractivity contribution in [3.8, 4) is 5.75 Å². The van der Waals surface area contributed by atoms with E-state index in [0.29, 0.717) is 29.4 Å². The van der Waals surface area contributed by atoms with Crippen LogP contribution < -0.4 is 15.3 Å². The Bertz CT molecular complexity index is 1060. The van der Waals surface area contributed by atoms with Crippen molar-refractivity contribution in [1.29, 1.82) is 0 Å². The molecule has 1 fully saturated rings. The molecule has 1 saturated heterocycles. The van der Waals surface area contributed by atoms with Crippen molar-refractivity contribution in [1.82, 2.24) is 4.90 Å². The number of piperazine rings is 1. The molecule has 1 amide bonds. The highest BCUT2D eigenvalue weighted by molar-refractivity contribution is 6.33. The summed E-state index contributed by atoms with van der Waals surface area (Å²) in [5.74, 6) is 0.415. The van der Waals surface area contributed by atoms with Crippen molar-refractivity contribution in [3.05, 3.63) is 70.0 Å². The van der Waals surface area contributed by atoms with Gasteiger partial charge in [0.1, 0.15) is 11.3 Å². The summed E-state index contributed by atoms with van der Waals surface area (Å²) in [5, 5.41) is 1.52. The van der Waals surface area contributed by atoms with Crippen LogP contribution in [0.2, 0.25) is 5.02 Å². The second kappa shape index (κ2) is 7.94. The first-order valence-corrected chi connectivity index (χ1v) is 9.42. The van der Waals surface area contributed by atoms with Crippen LogP contribution in [-0.2, 0) is 4.79 Å². The average Bonchev–Trinajstić information content (AvgIpc) is 2.72. The van der Waals surface area contributed by atoms with Crippen LogP contribution in [-0.4, -0.2) is 43.6 Å². The molecule has 0 saturated carbocycles. The summed E-state index contributed by atoms with van der Waals surface area (Å²) in [7, 11) is 0. The average molecular weight is 399 g/mol. The molecule has 0 spiro atoms. The molecule has 3 aromatic rings. The van der Waals surface area contributed by atoms with Gasteiger partial charge in [-0.05, 0) is 30.3 Å². The van der Waals surface area contributed by atoms with Crippen LogP contribution in [0, 0.1) is 0 Å². The lowest BCUT2D eigenvalue weighted by Gasteiger charge is -2.36. The molecule has 2 heterocycles. The summed E-state index contributed by atoms with van der Waals surface area (Å²) >= 11 is 6.26. The lowest BCUT2D eigenvalue weighted by molar-refractivity contribution is -0.133. The van der Waals surface area contributed by atoms with E-state index in [9.17, 15) is 9.59 Å². The van der Waals surface area contributed by atoms with E-state index in [-0.39, 0.29) is 12.5 Å². The van der Waals surface area contributed by atoms with Gasteiger partial charge in [0, 0.05) is 43.7 Å². The third kappa shape index (κ3) is 3.97. The molecule has 2 aromatic carbocycles. The first-order chi connectivity index (χ1) is 13.6. The van der Waals surface area contributed by atoms with Crippen LogP contribution in [0.15, 0.2) is 63.8 Å². The van der Waals surface area contributed by atoms with Crippen molar-refractivity contribution in [2.24, 2.45) is 0 Å². The van der Waals surface area contributed by atoms with Crippen LogP contribution in [0.1, 0.15) is 0 Å². The van der Waals surface area contributed by atoms with E-state index < -0.39 is 5.63 Å². The number of carbonyl (C=O) groups is 1. The zero-order chi connectivity index (χ0) is 19.5. The van der Waals surface area contributed by atoms with E-state index in [1.54, 1.807) is 29.2 Å². The zero-order valence-electron chi connectivity index (χ0n) is 15.1. The third-order valence-electron chi connectivity index (χ3n) is 4.78. The highest BCUT2D eigenvalue weighted by atomic mass is 35.5. The number of benzene rings is 2. The summed E-state index contributed by atoms with van der Waals surface area (Å²) < 4.78 is 10.8. The van der Waals surface area contributed by atoms with Gasteiger partial charge in [-0.1, -0.05) is 23.7 Å². The Morgan fingerprint density at radius 3 is 2.57 bits per heavy atom. The van der Waals surface area contributed by atoms with Gasteiger partial charge in [0.25, 0.3) is 5.91 Å². The number of amides is 1. The topological polar surface area (TPSA) is 63.0 Å². The van der Waals surface area contributed by atoms with Crippen molar-refractivity contribution in [2.75, 3.05) is 37.7 Å². The molecule has 7 heteroatoms. The molecular weight excluding hydrogens is 380 g/mol. The van der Waals surface area contributed by atoms with Gasteiger partial charge < -0.3 is 19.0 Å². The fourth-order valence-corrected chi connectivity index (χ4v) is 3.53. The quantitative estimate of drug-likeness (QED) is 0.632. The SMILES string of the molecule is O=C(COc1ccc2ccc(=O)oc2c1)N1CCN(c2ccccc2Cl)CC1. The number of para-hydroxylation sites is 1. The molecule has 0 aliphatic carbocycles. The summed E-state index contributed by atoms with van der Waals surface area (Å²) in [4.78, 5) is 27.8. The molecule has 144 valence electrons. The predicted octanol–water partition coefficient (Wildman–Crippen LogP) is 3.17. The number of ether oxygens (including phenoxy) is 1. The number of carbonyl (C=O) groups excluding carboxylic acids is 1. The Balaban J connectivity index is 1.34. The van der Waals surface area contributed by atoms with Crippen LogP contribution in [0.5, 0.6) is 5.75 Å². The molecular formula is C21H19ClN2O4. The van der Waals surface area contributed by atoms with E-state index in [1.807, 2.05) is 24.3 Å². The maximum atomic E-state index is 12.5. The number of rotatable bonds is 4. The monoisotopic (exact) mass is 398 g/mol. The number of nitrogens with zero attached hydrogens (tertiary/aromatic N) is 2. The fraction of sp³-hybridized carbons (Fsp3) is 0.238. The zero-order valence-corrected chi connectivity index (χ0v) is 15.9. The van der Waals surface area contributed by atoms with Gasteiger partial charge in [-0.3, -0.25) is 4.79 Å². The van der Waals surface area contributed by atoms with Gasteiger partial charge in [0.15, 0.2) is 6.61 Å². The first kappa shape index (κ1) is 18.4. The molecule has 0 N–H and O–H groups in total. The minimum absolute atomic E-state index is 0.0608. The Morgan fingerprint density at radius 1 is 1.04 bits per heavy atom. The molecule has 1 aliphatic heterocycles. The molecule has 4 rings (SSSR count). The number of halogens is 1. The summed E-state index contributed by atoms with van der Waals surface area (Å²) in [5.41, 5.74) is 1.01. The van der Waals surface area contributed by atoms with Gasteiger partial charge in [-0.15, -0.1) is 0 Å². The van der Waals surface area contributed by atoms with Crippen LogP contribution >= 0.6 is 11.6 Å². The van der Waals surface area contributed by atoms with Crippen molar-refractivity contribution in [2.45, 2.75) is 0 Å². The first-order valence-electron chi connectivity index (χ1n) is 9.04. The smallest absolute Gasteiger partial charge is 0.336 e. The van der Waals surface area contributed by atoms with Crippen molar-refractivity contribution in [3.63, 3.8) is 0 Å². The number of anilines is 1. The van der Waals surface area contributed by atoms with E-state index in [4.69, 9.17) is 20.8 Å². The highest BCUT2D eigenvalue weighted by Gasteiger charge is 2.22. The van der Waals surface area contributed by atoms with Crippen molar-refractivity contribution < 1.29 is 13.9 Å². The number of fused-ring (bicyclic) bond motifs is 1. The minimum Gasteiger partial charge on any atom is -0.484 e. The normalized spacial score (nSPS) is 14.3. The van der Waals surface area contributed by atoms with E-state index in [2.05, 4.69) is 4.90 Å². The van der Waals surface area contributed by atoms with Gasteiger partial charge in [-0.2, -0.15) is 0 Å². The summed E-state index contributed by atoms with van der Waals surface area (Å²) in [6.45, 7) is 2.60. The Labute approximate surface area is 166 Å². The summed E-state index contributed by atoms with van der Waals surface area (Å²) in [6.07, 6.45) is 0. The van der Waals surface area contributed by atoms with Gasteiger partial charge in [0.05, 0.1) is 10.7 Å². The fourth-order valence-electron chi connectivity index (χ4n) is 3.27. The Morgan fingerprint density at radius 2 is 1.79 bits per heavy atom. The lowest BCUT2D eigenvalue weighted by Crippen LogP contribution is -2.50.